The van der Waals surface area contributed by atoms with Crippen LogP contribution in [-0.2, 0) is 19.1 Å². The van der Waals surface area contributed by atoms with Crippen molar-refractivity contribution in [3.63, 3.8) is 0 Å². The lowest BCUT2D eigenvalue weighted by atomic mass is 10.0. The van der Waals surface area contributed by atoms with Gasteiger partial charge in [0.25, 0.3) is 0 Å². The zero-order chi connectivity index (χ0) is 26.9. The number of hydrogen-bond acceptors (Lipinski definition) is 5. The van der Waals surface area contributed by atoms with E-state index in [9.17, 15) is 14.4 Å². The Morgan fingerprint density at radius 2 is 1.06 bits per heavy atom. The molecule has 0 aliphatic heterocycles. The quantitative estimate of drug-likeness (QED) is 0.102. The predicted octanol–water partition coefficient (Wildman–Crippen LogP) is 7.46. The number of unbranched alkanes of at least 4 members (excludes halogenated alkanes) is 14. The Balaban J connectivity index is 4.85. The zero-order valence-electron chi connectivity index (χ0n) is 24.0. The second-order valence-corrected chi connectivity index (χ2v) is 10.2. The first-order chi connectivity index (χ1) is 17.5. The molecule has 0 saturated heterocycles. The van der Waals surface area contributed by atoms with Crippen LogP contribution in [0.25, 0.3) is 0 Å². The van der Waals surface area contributed by atoms with Crippen molar-refractivity contribution in [2.24, 2.45) is 5.73 Å². The maximum atomic E-state index is 13.1. The largest absolute Gasteiger partial charge is 0.464 e. The number of imide groups is 1. The summed E-state index contributed by atoms with van der Waals surface area (Å²) < 4.78 is 5.62. The summed E-state index contributed by atoms with van der Waals surface area (Å²) in [4.78, 5) is 40.6. The van der Waals surface area contributed by atoms with Crippen molar-refractivity contribution in [1.29, 1.82) is 0 Å². The van der Waals surface area contributed by atoms with Gasteiger partial charge in [-0.2, -0.15) is 0 Å². The molecule has 0 heterocycles. The van der Waals surface area contributed by atoms with E-state index >= 15 is 0 Å². The summed E-state index contributed by atoms with van der Waals surface area (Å²) >= 11 is 0. The fourth-order valence-corrected chi connectivity index (χ4v) is 4.47. The van der Waals surface area contributed by atoms with Gasteiger partial charge >= 0.3 is 5.97 Å². The fourth-order valence-electron chi connectivity index (χ4n) is 4.47. The molecule has 0 aliphatic carbocycles. The average Bonchev–Trinajstić information content (AvgIpc) is 2.86. The molecule has 0 spiro atoms. The van der Waals surface area contributed by atoms with Crippen LogP contribution in [0.3, 0.4) is 0 Å². The Kier molecular flexibility index (Phi) is 24.2. The molecule has 0 fully saturated rings. The Labute approximate surface area is 222 Å². The minimum Gasteiger partial charge on any atom is -0.464 e. The first-order valence-electron chi connectivity index (χ1n) is 15.2. The summed E-state index contributed by atoms with van der Waals surface area (Å²) in [5, 5.41) is 0. The van der Waals surface area contributed by atoms with E-state index in [0.717, 1.165) is 64.2 Å². The van der Waals surface area contributed by atoms with Gasteiger partial charge in [0, 0.05) is 12.8 Å². The van der Waals surface area contributed by atoms with Crippen LogP contribution in [0, 0.1) is 0 Å². The van der Waals surface area contributed by atoms with Gasteiger partial charge in [-0.1, -0.05) is 104 Å². The number of carbonyl (C=O) groups excluding carboxylic acids is 3. The molecular weight excluding hydrogens is 452 g/mol. The number of nitrogens with two attached hydrogens (primary N) is 1. The van der Waals surface area contributed by atoms with Crippen molar-refractivity contribution in [1.82, 2.24) is 4.90 Å². The van der Waals surface area contributed by atoms with E-state index in [4.69, 9.17) is 10.5 Å². The van der Waals surface area contributed by atoms with Crippen LogP contribution in [0.2, 0.25) is 0 Å². The third-order valence-electron chi connectivity index (χ3n) is 6.78. The fraction of sp³-hybridized carbons (Fsp3) is 0.900. The topological polar surface area (TPSA) is 89.7 Å². The van der Waals surface area contributed by atoms with Gasteiger partial charge in [0.2, 0.25) is 11.8 Å². The first kappa shape index (κ1) is 34.6. The Bertz CT molecular complexity index is 531. The number of rotatable bonds is 25. The normalized spacial score (nSPS) is 11.9. The molecule has 0 aliphatic rings. The van der Waals surface area contributed by atoms with Crippen LogP contribution in [0.5, 0.6) is 0 Å². The molecule has 0 aromatic carbocycles. The van der Waals surface area contributed by atoms with E-state index in [2.05, 4.69) is 20.8 Å². The molecule has 2 N–H and O–H groups in total. The van der Waals surface area contributed by atoms with Crippen molar-refractivity contribution >= 4 is 17.8 Å². The molecule has 0 unspecified atom stereocenters. The Morgan fingerprint density at radius 3 is 1.53 bits per heavy atom. The molecule has 1 atom stereocenters. The van der Waals surface area contributed by atoms with Crippen molar-refractivity contribution in [2.75, 3.05) is 13.2 Å². The highest BCUT2D eigenvalue weighted by Crippen LogP contribution is 2.18. The van der Waals surface area contributed by atoms with Crippen LogP contribution in [0.15, 0.2) is 0 Å². The highest BCUT2D eigenvalue weighted by molar-refractivity contribution is 5.99. The Morgan fingerprint density at radius 1 is 0.611 bits per heavy atom. The molecule has 212 valence electrons. The van der Waals surface area contributed by atoms with Gasteiger partial charge in [-0.15, -0.1) is 0 Å². The number of esters is 1. The molecule has 2 amide bonds. The van der Waals surface area contributed by atoms with E-state index < -0.39 is 12.0 Å². The average molecular weight is 511 g/mol. The zero-order valence-corrected chi connectivity index (χ0v) is 24.0. The summed E-state index contributed by atoms with van der Waals surface area (Å²) in [6.07, 6.45) is 19.9. The first-order valence-corrected chi connectivity index (χ1v) is 15.2. The maximum absolute atomic E-state index is 13.1. The smallest absolute Gasteiger partial charge is 0.329 e. The lowest BCUT2D eigenvalue weighted by Gasteiger charge is -2.29. The minimum atomic E-state index is -0.831. The molecular formula is C30H58N2O4. The summed E-state index contributed by atoms with van der Waals surface area (Å²) in [5.74, 6) is -0.909. The maximum Gasteiger partial charge on any atom is 0.329 e. The minimum absolute atomic E-state index is 0.237. The van der Waals surface area contributed by atoms with Gasteiger partial charge in [0.05, 0.1) is 6.61 Å². The van der Waals surface area contributed by atoms with Gasteiger partial charge in [0.15, 0.2) is 0 Å². The van der Waals surface area contributed by atoms with Gasteiger partial charge in [0.1, 0.15) is 6.04 Å². The van der Waals surface area contributed by atoms with Crippen LogP contribution in [0.4, 0.5) is 0 Å². The molecule has 0 saturated carbocycles. The lowest BCUT2D eigenvalue weighted by Crippen LogP contribution is -2.49. The summed E-state index contributed by atoms with van der Waals surface area (Å²) in [6.45, 7) is 7.28. The molecule has 6 nitrogen and oxygen atoms in total. The molecule has 0 aromatic rings. The second-order valence-electron chi connectivity index (χ2n) is 10.2. The summed E-state index contributed by atoms with van der Waals surface area (Å²) in [5.41, 5.74) is 5.66. The van der Waals surface area contributed by atoms with Gasteiger partial charge in [-0.05, 0) is 45.1 Å². The number of hydrogen-bond donors (Lipinski definition) is 1. The summed E-state index contributed by atoms with van der Waals surface area (Å²) in [6, 6.07) is -0.831. The number of amides is 2. The van der Waals surface area contributed by atoms with Crippen molar-refractivity contribution in [3.8, 4) is 0 Å². The molecule has 36 heavy (non-hydrogen) atoms. The number of carbonyl (C=O) groups is 3. The van der Waals surface area contributed by atoms with E-state index in [1.54, 1.807) is 0 Å². The van der Waals surface area contributed by atoms with Gasteiger partial charge in [-0.25, -0.2) is 4.79 Å². The Hall–Kier alpha value is -1.43. The molecule has 0 rings (SSSR count). The van der Waals surface area contributed by atoms with E-state index in [0.29, 0.717) is 38.8 Å². The third kappa shape index (κ3) is 17.9. The van der Waals surface area contributed by atoms with Crippen molar-refractivity contribution in [3.05, 3.63) is 0 Å². The summed E-state index contributed by atoms with van der Waals surface area (Å²) in [7, 11) is 0. The monoisotopic (exact) mass is 510 g/mol. The van der Waals surface area contributed by atoms with Crippen molar-refractivity contribution in [2.45, 2.75) is 162 Å². The van der Waals surface area contributed by atoms with Crippen molar-refractivity contribution < 1.29 is 19.1 Å². The predicted molar refractivity (Wildman–Crippen MR) is 150 cm³/mol. The molecule has 0 radical (unpaired) electrons. The molecule has 6 heteroatoms. The van der Waals surface area contributed by atoms with Crippen LogP contribution >= 0.6 is 0 Å². The van der Waals surface area contributed by atoms with Crippen LogP contribution in [0.1, 0.15) is 156 Å². The van der Waals surface area contributed by atoms with E-state index in [1.807, 2.05) is 0 Å². The van der Waals surface area contributed by atoms with Gasteiger partial charge < -0.3 is 10.5 Å². The standard InChI is InChI=1S/C30H58N2O4/c1-4-7-10-11-12-13-14-15-16-21-26-36-30(35)27(22-19-20-25-31)32(28(33)23-17-8-5-2)29(34)24-18-9-6-3/h27H,4-26,31H2,1-3H3/t27-/m0/s1. The third-order valence-corrected chi connectivity index (χ3v) is 6.78. The SMILES string of the molecule is CCCCCCCCCCCCOC(=O)[C@H](CCCCN)N(C(=O)CCCCC)C(=O)CCCCC. The molecule has 0 aromatic heterocycles. The van der Waals surface area contributed by atoms with E-state index in [1.165, 1.54) is 49.8 Å². The number of ether oxygens (including phenoxy) is 1. The highest BCUT2D eigenvalue weighted by Gasteiger charge is 2.34. The van der Waals surface area contributed by atoms with E-state index in [-0.39, 0.29) is 11.8 Å². The molecule has 0 bridgehead atoms. The highest BCUT2D eigenvalue weighted by atomic mass is 16.5. The van der Waals surface area contributed by atoms with Crippen LogP contribution < -0.4 is 5.73 Å². The second kappa shape index (κ2) is 25.2. The lowest BCUT2D eigenvalue weighted by molar-refractivity contribution is -0.162. The van der Waals surface area contributed by atoms with Gasteiger partial charge in [-0.3, -0.25) is 14.5 Å². The number of nitrogens with zero attached hydrogens (tertiary/aromatic N) is 1. The van der Waals surface area contributed by atoms with Crippen LogP contribution in [-0.4, -0.2) is 41.9 Å².